The van der Waals surface area contributed by atoms with E-state index in [0.29, 0.717) is 0 Å². The molecule has 2 heterocycles. The molecule has 1 saturated heterocycles. The zero-order valence-electron chi connectivity index (χ0n) is 11.9. The average Bonchev–Trinajstić information content (AvgIpc) is 2.46. The van der Waals surface area contributed by atoms with Crippen molar-refractivity contribution in [1.29, 1.82) is 0 Å². The van der Waals surface area contributed by atoms with Crippen LogP contribution in [-0.2, 0) is 0 Å². The Labute approximate surface area is 115 Å². The van der Waals surface area contributed by atoms with Gasteiger partial charge < -0.3 is 5.73 Å². The molecule has 1 aliphatic rings. The van der Waals surface area contributed by atoms with Gasteiger partial charge in [-0.3, -0.25) is 9.88 Å². The Bertz CT molecular complexity index is 418. The number of rotatable bonds is 4. The van der Waals surface area contributed by atoms with Gasteiger partial charge in [0, 0.05) is 17.8 Å². The van der Waals surface area contributed by atoms with Crippen molar-refractivity contribution in [2.24, 2.45) is 5.73 Å². The van der Waals surface area contributed by atoms with E-state index >= 15 is 0 Å². The second kappa shape index (κ2) is 5.97. The molecule has 1 fully saturated rings. The molecule has 2 rings (SSSR count). The lowest BCUT2D eigenvalue weighted by Gasteiger charge is -2.46. The van der Waals surface area contributed by atoms with Crippen LogP contribution in [0.4, 0.5) is 4.39 Å². The first-order chi connectivity index (χ1) is 9.08. The number of piperidine rings is 1. The number of pyridine rings is 1. The number of nitrogens with two attached hydrogens (primary N) is 1. The van der Waals surface area contributed by atoms with Crippen molar-refractivity contribution >= 4 is 0 Å². The lowest BCUT2D eigenvalue weighted by Crippen LogP contribution is -2.54. The topological polar surface area (TPSA) is 42.1 Å². The molecular weight excluding hydrogens is 241 g/mol. The van der Waals surface area contributed by atoms with Crippen LogP contribution in [0.15, 0.2) is 18.5 Å². The highest BCUT2D eigenvalue weighted by molar-refractivity contribution is 5.19. The molecule has 19 heavy (non-hydrogen) atoms. The van der Waals surface area contributed by atoms with Crippen LogP contribution < -0.4 is 5.73 Å². The van der Waals surface area contributed by atoms with Crippen LogP contribution >= 0.6 is 0 Å². The Kier molecular flexibility index (Phi) is 4.53. The summed E-state index contributed by atoms with van der Waals surface area (Å²) >= 11 is 0. The lowest BCUT2D eigenvalue weighted by atomic mass is 9.83. The summed E-state index contributed by atoms with van der Waals surface area (Å²) in [5, 5.41) is 0. The Morgan fingerprint density at radius 2 is 2.05 bits per heavy atom. The summed E-state index contributed by atoms with van der Waals surface area (Å²) in [6, 6.07) is 1.30. The summed E-state index contributed by atoms with van der Waals surface area (Å²) in [5.41, 5.74) is 7.09. The normalized spacial score (nSPS) is 21.9. The van der Waals surface area contributed by atoms with Crippen molar-refractivity contribution in [1.82, 2.24) is 9.88 Å². The summed E-state index contributed by atoms with van der Waals surface area (Å²) in [7, 11) is 0. The molecule has 0 amide bonds. The minimum absolute atomic E-state index is 0.129. The summed E-state index contributed by atoms with van der Waals surface area (Å²) in [4.78, 5) is 6.39. The highest BCUT2D eigenvalue weighted by atomic mass is 19.1. The van der Waals surface area contributed by atoms with Crippen molar-refractivity contribution in [3.63, 3.8) is 0 Å². The first-order valence-electron chi connectivity index (χ1n) is 7.19. The Morgan fingerprint density at radius 1 is 1.37 bits per heavy atom. The summed E-state index contributed by atoms with van der Waals surface area (Å²) < 4.78 is 13.3. The van der Waals surface area contributed by atoms with Crippen molar-refractivity contribution < 1.29 is 4.39 Å². The summed E-state index contributed by atoms with van der Waals surface area (Å²) in [6.07, 6.45) is 7.61. The molecule has 2 atom stereocenters. The van der Waals surface area contributed by atoms with Gasteiger partial charge in [-0.05, 0) is 50.9 Å². The third-order valence-corrected chi connectivity index (χ3v) is 4.55. The zero-order chi connectivity index (χ0) is 13.9. The van der Waals surface area contributed by atoms with Gasteiger partial charge >= 0.3 is 0 Å². The maximum Gasteiger partial charge on any atom is 0.141 e. The molecule has 1 aromatic heterocycles. The van der Waals surface area contributed by atoms with Crippen LogP contribution in [0.1, 0.15) is 51.1 Å². The van der Waals surface area contributed by atoms with Gasteiger partial charge in [0.05, 0.1) is 6.20 Å². The molecule has 0 radical (unpaired) electrons. The number of aromatic nitrogens is 1. The zero-order valence-corrected chi connectivity index (χ0v) is 11.9. The van der Waals surface area contributed by atoms with Gasteiger partial charge in [0.2, 0.25) is 0 Å². The average molecular weight is 265 g/mol. The smallest absolute Gasteiger partial charge is 0.141 e. The van der Waals surface area contributed by atoms with Crippen LogP contribution in [-0.4, -0.2) is 28.5 Å². The van der Waals surface area contributed by atoms with E-state index in [4.69, 9.17) is 5.73 Å². The summed E-state index contributed by atoms with van der Waals surface area (Å²) in [5.74, 6) is -0.315. The van der Waals surface area contributed by atoms with Crippen molar-refractivity contribution in [2.45, 2.75) is 51.1 Å². The summed E-state index contributed by atoms with van der Waals surface area (Å²) in [6.45, 7) is 6.51. The van der Waals surface area contributed by atoms with E-state index < -0.39 is 0 Å². The maximum atomic E-state index is 13.3. The van der Waals surface area contributed by atoms with E-state index in [9.17, 15) is 4.39 Å². The second-order valence-electron chi connectivity index (χ2n) is 5.67. The van der Waals surface area contributed by atoms with E-state index in [1.165, 1.54) is 31.5 Å². The van der Waals surface area contributed by atoms with Crippen molar-refractivity contribution in [2.75, 3.05) is 13.1 Å². The number of halogens is 1. The van der Waals surface area contributed by atoms with Crippen LogP contribution in [0.3, 0.4) is 0 Å². The number of likely N-dealkylation sites (tertiary alicyclic amines) is 1. The standard InChI is InChI=1S/C15H24FN3/c1-3-15(2,19-7-5-4-6-8-19)14(17)12-9-13(16)11-18-10-12/h9-11,14H,3-8,17H2,1-2H3. The van der Waals surface area contributed by atoms with Crippen molar-refractivity contribution in [3.8, 4) is 0 Å². The highest BCUT2D eigenvalue weighted by Gasteiger charge is 2.37. The Hall–Kier alpha value is -1.00. The van der Waals surface area contributed by atoms with E-state index in [2.05, 4.69) is 23.7 Å². The molecule has 1 aromatic rings. The fraction of sp³-hybridized carbons (Fsp3) is 0.667. The molecule has 0 saturated carbocycles. The highest BCUT2D eigenvalue weighted by Crippen LogP contribution is 2.34. The van der Waals surface area contributed by atoms with Crippen molar-refractivity contribution in [3.05, 3.63) is 29.8 Å². The van der Waals surface area contributed by atoms with Gasteiger partial charge in [0.1, 0.15) is 5.82 Å². The van der Waals surface area contributed by atoms with Gasteiger partial charge in [0.25, 0.3) is 0 Å². The molecule has 0 aliphatic carbocycles. The molecule has 1 aliphatic heterocycles. The van der Waals surface area contributed by atoms with Crippen LogP contribution in [0.2, 0.25) is 0 Å². The van der Waals surface area contributed by atoms with E-state index in [1.807, 2.05) is 0 Å². The SMILES string of the molecule is CCC(C)(C(N)c1cncc(F)c1)N1CCCCC1. The van der Waals surface area contributed by atoms with Gasteiger partial charge in [-0.15, -0.1) is 0 Å². The maximum absolute atomic E-state index is 13.3. The minimum atomic E-state index is -0.315. The number of hydrogen-bond donors (Lipinski definition) is 1. The lowest BCUT2D eigenvalue weighted by molar-refractivity contribution is 0.0541. The predicted octanol–water partition coefficient (Wildman–Crippen LogP) is 2.88. The fourth-order valence-corrected chi connectivity index (χ4v) is 3.00. The molecule has 0 aromatic carbocycles. The largest absolute Gasteiger partial charge is 0.322 e. The number of nitrogens with zero attached hydrogens (tertiary/aromatic N) is 2. The predicted molar refractivity (Wildman–Crippen MR) is 75.2 cm³/mol. The van der Waals surface area contributed by atoms with Gasteiger partial charge in [-0.2, -0.15) is 0 Å². The second-order valence-corrected chi connectivity index (χ2v) is 5.67. The first-order valence-corrected chi connectivity index (χ1v) is 7.19. The van der Waals surface area contributed by atoms with Gasteiger partial charge in [-0.25, -0.2) is 4.39 Å². The Morgan fingerprint density at radius 3 is 2.63 bits per heavy atom. The Balaban J connectivity index is 2.24. The number of hydrogen-bond acceptors (Lipinski definition) is 3. The molecular formula is C15H24FN3. The van der Waals surface area contributed by atoms with Gasteiger partial charge in [0.15, 0.2) is 0 Å². The third kappa shape index (κ3) is 2.95. The molecule has 2 unspecified atom stereocenters. The molecule has 0 spiro atoms. The van der Waals surface area contributed by atoms with Crippen LogP contribution in [0.25, 0.3) is 0 Å². The van der Waals surface area contributed by atoms with E-state index in [0.717, 1.165) is 25.1 Å². The molecule has 4 heteroatoms. The monoisotopic (exact) mass is 265 g/mol. The van der Waals surface area contributed by atoms with Crippen LogP contribution in [0.5, 0.6) is 0 Å². The third-order valence-electron chi connectivity index (χ3n) is 4.55. The van der Waals surface area contributed by atoms with E-state index in [1.54, 1.807) is 6.20 Å². The molecule has 3 nitrogen and oxygen atoms in total. The van der Waals surface area contributed by atoms with Crippen LogP contribution in [0, 0.1) is 5.82 Å². The van der Waals surface area contributed by atoms with Gasteiger partial charge in [-0.1, -0.05) is 13.3 Å². The van der Waals surface area contributed by atoms with E-state index in [-0.39, 0.29) is 17.4 Å². The fourth-order valence-electron chi connectivity index (χ4n) is 3.00. The minimum Gasteiger partial charge on any atom is -0.322 e. The molecule has 0 bridgehead atoms. The molecule has 106 valence electrons. The molecule has 2 N–H and O–H groups in total. The first kappa shape index (κ1) is 14.4. The quantitative estimate of drug-likeness (QED) is 0.910.